The Morgan fingerprint density at radius 3 is 1.66 bits per heavy atom. The third kappa shape index (κ3) is 12.0. The summed E-state index contributed by atoms with van der Waals surface area (Å²) in [5.41, 5.74) is 4.01. The van der Waals surface area contributed by atoms with E-state index in [1.54, 1.807) is 0 Å². The highest BCUT2D eigenvalue weighted by molar-refractivity contribution is 8.14. The second-order valence-corrected chi connectivity index (χ2v) is 11.5. The fraction of sp³-hybridized carbons (Fsp3) is 0.517. The first-order chi connectivity index (χ1) is 16.9. The second-order valence-electron chi connectivity index (χ2n) is 9.35. The minimum absolute atomic E-state index is 0.00497. The van der Waals surface area contributed by atoms with Crippen LogP contribution >= 0.6 is 23.5 Å². The molecule has 0 radical (unpaired) electrons. The fourth-order valence-corrected chi connectivity index (χ4v) is 5.40. The lowest BCUT2D eigenvalue weighted by atomic mass is 9.89. The van der Waals surface area contributed by atoms with Gasteiger partial charge in [0.2, 0.25) is 0 Å². The number of hydrogen-bond acceptors (Lipinski definition) is 4. The molecule has 1 unspecified atom stereocenters. The van der Waals surface area contributed by atoms with Crippen molar-refractivity contribution in [3.05, 3.63) is 59.7 Å². The maximum atomic E-state index is 12.3. The third-order valence-corrected chi connectivity index (χ3v) is 7.92. The molecule has 0 fully saturated rings. The Balaban J connectivity index is 1.72. The van der Waals surface area contributed by atoms with Crippen LogP contribution in [0.5, 0.6) is 0 Å². The van der Waals surface area contributed by atoms with Crippen molar-refractivity contribution in [2.24, 2.45) is 11.8 Å². The van der Waals surface area contributed by atoms with Crippen molar-refractivity contribution in [3.8, 4) is 0 Å². The topological polar surface area (TPSA) is 58.2 Å². The first kappa shape index (κ1) is 29.3. The quantitative estimate of drug-likeness (QED) is 0.246. The van der Waals surface area contributed by atoms with Crippen molar-refractivity contribution in [3.63, 3.8) is 0 Å². The number of unbranched alkanes of at least 4 members (excludes halogenated alkanes) is 2. The van der Waals surface area contributed by atoms with Gasteiger partial charge in [0.15, 0.2) is 0 Å². The van der Waals surface area contributed by atoms with Crippen LogP contribution in [0.2, 0.25) is 0 Å². The summed E-state index contributed by atoms with van der Waals surface area (Å²) in [4.78, 5) is 24.3. The smallest absolute Gasteiger partial charge is 0.283 e. The first-order valence-electron chi connectivity index (χ1n) is 13.0. The van der Waals surface area contributed by atoms with Gasteiger partial charge < -0.3 is 10.6 Å². The average molecular weight is 515 g/mol. The molecule has 0 aliphatic carbocycles. The number of nitrogens with one attached hydrogen (secondary N) is 2. The zero-order chi connectivity index (χ0) is 25.5. The Labute approximate surface area is 220 Å². The summed E-state index contributed by atoms with van der Waals surface area (Å²) in [5.74, 6) is 3.19. The van der Waals surface area contributed by atoms with E-state index in [9.17, 15) is 9.59 Å². The van der Waals surface area contributed by atoms with Crippen LogP contribution in [0.3, 0.4) is 0 Å². The molecule has 1 atom stereocenters. The van der Waals surface area contributed by atoms with Gasteiger partial charge >= 0.3 is 0 Å². The van der Waals surface area contributed by atoms with E-state index < -0.39 is 0 Å². The monoisotopic (exact) mass is 514 g/mol. The van der Waals surface area contributed by atoms with Gasteiger partial charge in [-0.1, -0.05) is 94.7 Å². The van der Waals surface area contributed by atoms with E-state index in [-0.39, 0.29) is 10.5 Å². The number of anilines is 2. The Hall–Kier alpha value is -1.92. The normalized spacial score (nSPS) is 11.9. The molecule has 0 aliphatic rings. The Morgan fingerprint density at radius 1 is 0.743 bits per heavy atom. The minimum atomic E-state index is 0.00497. The largest absolute Gasteiger partial charge is 0.317 e. The Bertz CT molecular complexity index is 883. The molecule has 0 heterocycles. The van der Waals surface area contributed by atoms with Crippen molar-refractivity contribution < 1.29 is 9.59 Å². The van der Waals surface area contributed by atoms with Gasteiger partial charge in [-0.05, 0) is 72.9 Å². The van der Waals surface area contributed by atoms with Gasteiger partial charge in [-0.15, -0.1) is 0 Å². The van der Waals surface area contributed by atoms with E-state index >= 15 is 0 Å². The van der Waals surface area contributed by atoms with Crippen LogP contribution in [0.1, 0.15) is 77.3 Å². The number of amides is 2. The summed E-state index contributed by atoms with van der Waals surface area (Å²) in [6, 6.07) is 16.0. The summed E-state index contributed by atoms with van der Waals surface area (Å²) in [6.45, 7) is 8.97. The molecule has 0 spiro atoms. The molecule has 0 saturated carbocycles. The van der Waals surface area contributed by atoms with Gasteiger partial charge in [0.1, 0.15) is 0 Å². The van der Waals surface area contributed by atoms with Crippen molar-refractivity contribution in [2.45, 2.75) is 72.6 Å². The lowest BCUT2D eigenvalue weighted by Crippen LogP contribution is -2.09. The molecule has 0 bridgehead atoms. The molecule has 4 nitrogen and oxygen atoms in total. The summed E-state index contributed by atoms with van der Waals surface area (Å²) in [7, 11) is 0. The maximum absolute atomic E-state index is 12.3. The number of thioether (sulfide) groups is 2. The summed E-state index contributed by atoms with van der Waals surface area (Å²) in [6.07, 6.45) is 7.68. The van der Waals surface area contributed by atoms with E-state index in [0.717, 1.165) is 54.5 Å². The van der Waals surface area contributed by atoms with E-state index in [0.29, 0.717) is 5.92 Å². The van der Waals surface area contributed by atoms with Crippen LogP contribution < -0.4 is 10.6 Å². The third-order valence-electron chi connectivity index (χ3n) is 6.21. The van der Waals surface area contributed by atoms with Crippen LogP contribution in [0.15, 0.2) is 48.5 Å². The van der Waals surface area contributed by atoms with Gasteiger partial charge in [0.25, 0.3) is 10.5 Å². The lowest BCUT2D eigenvalue weighted by molar-refractivity contribution is 0.269. The van der Waals surface area contributed by atoms with Crippen LogP contribution in [0, 0.1) is 11.8 Å². The van der Waals surface area contributed by atoms with Crippen LogP contribution in [-0.2, 0) is 6.42 Å². The molecule has 0 aromatic heterocycles. The van der Waals surface area contributed by atoms with Gasteiger partial charge in [0, 0.05) is 22.9 Å². The number of benzene rings is 2. The van der Waals surface area contributed by atoms with Crippen molar-refractivity contribution >= 4 is 45.4 Å². The van der Waals surface area contributed by atoms with Gasteiger partial charge in [-0.25, -0.2) is 0 Å². The molecular weight excluding hydrogens is 472 g/mol. The SMILES string of the molecule is CCCCCSC(=O)Nc1ccc(Cc2ccc(NC(=O)SCCCC(CC)C(C)C)cc2)cc1. The molecule has 35 heavy (non-hydrogen) atoms. The standard InChI is InChI=1S/C29H42N2O2S2/c1-5-7-8-19-34-28(32)30-26-15-11-23(12-16-26)21-24-13-17-27(18-14-24)31-29(33)35-20-9-10-25(6-2)22(3)4/h11-18,22,25H,5-10,19-21H2,1-4H3,(H,30,32)(H,31,33). The summed E-state index contributed by atoms with van der Waals surface area (Å²) >= 11 is 2.72. The first-order valence-corrected chi connectivity index (χ1v) is 14.9. The van der Waals surface area contributed by atoms with E-state index in [1.165, 1.54) is 53.9 Å². The summed E-state index contributed by atoms with van der Waals surface area (Å²) in [5, 5.41) is 5.95. The molecule has 6 heteroatoms. The molecule has 192 valence electrons. The number of carbonyl (C=O) groups excluding carboxylic acids is 2. The summed E-state index contributed by atoms with van der Waals surface area (Å²) < 4.78 is 0. The second kappa shape index (κ2) is 16.7. The van der Waals surface area contributed by atoms with E-state index in [4.69, 9.17) is 0 Å². The highest BCUT2D eigenvalue weighted by Gasteiger charge is 2.11. The van der Waals surface area contributed by atoms with E-state index in [1.807, 2.05) is 36.4 Å². The lowest BCUT2D eigenvalue weighted by Gasteiger charge is -2.18. The van der Waals surface area contributed by atoms with Gasteiger partial charge in [-0.3, -0.25) is 9.59 Å². The molecule has 2 amide bonds. The van der Waals surface area contributed by atoms with Crippen LogP contribution in [0.25, 0.3) is 0 Å². The zero-order valence-corrected chi connectivity index (χ0v) is 23.4. The molecule has 2 N–H and O–H groups in total. The van der Waals surface area contributed by atoms with Crippen LogP contribution in [-0.4, -0.2) is 22.0 Å². The predicted molar refractivity (Wildman–Crippen MR) is 156 cm³/mol. The Kier molecular flexibility index (Phi) is 14.0. The number of hydrogen-bond donors (Lipinski definition) is 2. The minimum Gasteiger partial charge on any atom is -0.317 e. The van der Waals surface area contributed by atoms with Crippen LogP contribution in [0.4, 0.5) is 21.0 Å². The van der Waals surface area contributed by atoms with Crippen molar-refractivity contribution in [1.82, 2.24) is 0 Å². The van der Waals surface area contributed by atoms with Gasteiger partial charge in [0.05, 0.1) is 0 Å². The molecule has 0 saturated heterocycles. The molecule has 2 aromatic carbocycles. The van der Waals surface area contributed by atoms with Crippen molar-refractivity contribution in [2.75, 3.05) is 22.1 Å². The fourth-order valence-electron chi connectivity index (χ4n) is 3.99. The van der Waals surface area contributed by atoms with E-state index in [2.05, 4.69) is 50.5 Å². The molecule has 2 aromatic rings. The number of carbonyl (C=O) groups is 2. The number of rotatable bonds is 14. The van der Waals surface area contributed by atoms with Crippen molar-refractivity contribution in [1.29, 1.82) is 0 Å². The van der Waals surface area contributed by atoms with Gasteiger partial charge in [-0.2, -0.15) is 0 Å². The molecule has 0 aliphatic heterocycles. The maximum Gasteiger partial charge on any atom is 0.283 e. The molecule has 2 rings (SSSR count). The predicted octanol–water partition coefficient (Wildman–Crippen LogP) is 9.46. The average Bonchev–Trinajstić information content (AvgIpc) is 2.84. The highest BCUT2D eigenvalue weighted by Crippen LogP contribution is 2.23. The zero-order valence-electron chi connectivity index (χ0n) is 21.8. The highest BCUT2D eigenvalue weighted by atomic mass is 32.2. The Morgan fingerprint density at radius 2 is 1.23 bits per heavy atom. The molecular formula is C29H42N2O2S2.